The van der Waals surface area contributed by atoms with Crippen molar-refractivity contribution >= 4 is 41.4 Å². The molecular formula is C32H52N7O10. The lowest BCUT2D eigenvalue weighted by atomic mass is 9.94. The van der Waals surface area contributed by atoms with E-state index in [1.165, 1.54) is 13.5 Å². The lowest BCUT2D eigenvalue weighted by Crippen LogP contribution is -2.50. The van der Waals surface area contributed by atoms with E-state index in [1.807, 2.05) is 0 Å². The second-order valence-corrected chi connectivity index (χ2v) is 12.1. The normalized spacial score (nSPS) is 12.8. The smallest absolute Gasteiger partial charge is 0.326 e. The summed E-state index contributed by atoms with van der Waals surface area (Å²) in [5, 5.41) is 43.1. The van der Waals surface area contributed by atoms with Crippen LogP contribution in [0.15, 0.2) is 6.20 Å². The highest BCUT2D eigenvalue weighted by atomic mass is 16.4. The molecule has 1 aromatic heterocycles. The van der Waals surface area contributed by atoms with Gasteiger partial charge in [-0.15, -0.1) is 5.10 Å². The van der Waals surface area contributed by atoms with E-state index in [2.05, 4.69) is 26.3 Å². The van der Waals surface area contributed by atoms with Crippen LogP contribution >= 0.6 is 0 Å². The molecule has 0 aliphatic carbocycles. The first kappa shape index (κ1) is 42.6. The minimum Gasteiger partial charge on any atom is -0.481 e. The number of Topliss-reactive ketones (excluding diaryl/α,β-unsaturated/α-hetero) is 2. The molecule has 0 saturated carbocycles. The summed E-state index contributed by atoms with van der Waals surface area (Å²) in [5.41, 5.74) is 6.15. The summed E-state index contributed by atoms with van der Waals surface area (Å²) in [4.78, 5) is 82.3. The number of nitrogens with one attached hydrogen (secondary N) is 3. The SMILES string of the molecule is CC(=O)C(CCC(=O)O)NC(=O)NC(CCCCNC(=O)CCCCCCC(=O)CC(CCCCn1cc(C[CH]N)nn1)C(=O)O)C(=O)O. The summed E-state index contributed by atoms with van der Waals surface area (Å²) >= 11 is 0. The van der Waals surface area contributed by atoms with Crippen LogP contribution in [0.2, 0.25) is 0 Å². The molecule has 0 spiro atoms. The van der Waals surface area contributed by atoms with Crippen LogP contribution in [0.1, 0.15) is 109 Å². The van der Waals surface area contributed by atoms with Crippen molar-refractivity contribution < 1.29 is 48.9 Å². The number of aromatic nitrogens is 3. The zero-order valence-electron chi connectivity index (χ0n) is 28.2. The fourth-order valence-electron chi connectivity index (χ4n) is 5.03. The van der Waals surface area contributed by atoms with Crippen LogP contribution in [0, 0.1) is 12.5 Å². The average Bonchev–Trinajstić information content (AvgIpc) is 3.48. The predicted molar refractivity (Wildman–Crippen MR) is 176 cm³/mol. The predicted octanol–water partition coefficient (Wildman–Crippen LogP) is 1.97. The summed E-state index contributed by atoms with van der Waals surface area (Å²) in [7, 11) is 0. The molecule has 3 unspecified atom stereocenters. The van der Waals surface area contributed by atoms with Crippen molar-refractivity contribution in [1.82, 2.24) is 30.9 Å². The van der Waals surface area contributed by atoms with Crippen molar-refractivity contribution in [2.75, 3.05) is 6.54 Å². The van der Waals surface area contributed by atoms with Crippen LogP contribution in [-0.4, -0.2) is 90.4 Å². The number of carboxylic acids is 3. The van der Waals surface area contributed by atoms with Gasteiger partial charge in [-0.05, 0) is 58.3 Å². The summed E-state index contributed by atoms with van der Waals surface area (Å²) in [6, 6.07) is -3.16. The van der Waals surface area contributed by atoms with Crippen LogP contribution in [-0.2, 0) is 41.7 Å². The topological polar surface area (TPSA) is 273 Å². The number of carbonyl (C=O) groups excluding carboxylic acids is 4. The molecule has 0 aliphatic rings. The highest BCUT2D eigenvalue weighted by molar-refractivity contribution is 5.89. The molecular weight excluding hydrogens is 642 g/mol. The Morgan fingerprint density at radius 1 is 0.816 bits per heavy atom. The number of hydrogen-bond acceptors (Lipinski definition) is 10. The fourth-order valence-corrected chi connectivity index (χ4v) is 5.03. The van der Waals surface area contributed by atoms with Crippen molar-refractivity contribution in [3.05, 3.63) is 18.4 Å². The maximum Gasteiger partial charge on any atom is 0.326 e. The zero-order valence-corrected chi connectivity index (χ0v) is 28.2. The van der Waals surface area contributed by atoms with E-state index in [0.717, 1.165) is 18.5 Å². The van der Waals surface area contributed by atoms with Crippen LogP contribution in [0.25, 0.3) is 0 Å². The minimum absolute atomic E-state index is 0.00292. The first-order valence-electron chi connectivity index (χ1n) is 16.8. The van der Waals surface area contributed by atoms with Gasteiger partial charge in [-0.25, -0.2) is 9.59 Å². The van der Waals surface area contributed by atoms with Gasteiger partial charge in [0.25, 0.3) is 0 Å². The first-order chi connectivity index (χ1) is 23.3. The quantitative estimate of drug-likeness (QED) is 0.0592. The molecule has 0 fully saturated rings. The van der Waals surface area contributed by atoms with Crippen molar-refractivity contribution in [3.8, 4) is 0 Å². The Morgan fingerprint density at radius 3 is 2.12 bits per heavy atom. The number of urea groups is 1. The van der Waals surface area contributed by atoms with Gasteiger partial charge < -0.3 is 37.0 Å². The molecule has 3 amide bonds. The van der Waals surface area contributed by atoms with E-state index in [4.69, 9.17) is 10.8 Å². The molecule has 8 N–H and O–H groups in total. The van der Waals surface area contributed by atoms with E-state index in [0.29, 0.717) is 77.3 Å². The highest BCUT2D eigenvalue weighted by Gasteiger charge is 2.24. The average molecular weight is 695 g/mol. The molecule has 1 aromatic rings. The monoisotopic (exact) mass is 694 g/mol. The van der Waals surface area contributed by atoms with Gasteiger partial charge in [0.1, 0.15) is 11.8 Å². The van der Waals surface area contributed by atoms with Crippen LogP contribution in [0.3, 0.4) is 0 Å². The third-order valence-electron chi connectivity index (χ3n) is 7.82. The third-order valence-corrected chi connectivity index (χ3v) is 7.82. The number of nitrogens with two attached hydrogens (primary N) is 1. The van der Waals surface area contributed by atoms with Crippen LogP contribution in [0.5, 0.6) is 0 Å². The van der Waals surface area contributed by atoms with Gasteiger partial charge in [0.15, 0.2) is 5.78 Å². The fraction of sp³-hybridized carbons (Fsp3) is 0.688. The molecule has 0 saturated heterocycles. The Morgan fingerprint density at radius 2 is 1.49 bits per heavy atom. The Bertz CT molecular complexity index is 1220. The molecule has 1 radical (unpaired) electrons. The second kappa shape index (κ2) is 24.7. The molecule has 1 rings (SSSR count). The maximum absolute atomic E-state index is 12.4. The molecule has 17 heteroatoms. The zero-order chi connectivity index (χ0) is 36.6. The van der Waals surface area contributed by atoms with Gasteiger partial charge in [-0.3, -0.25) is 28.7 Å². The van der Waals surface area contributed by atoms with Gasteiger partial charge in [-0.2, -0.15) is 0 Å². The molecule has 0 aromatic carbocycles. The van der Waals surface area contributed by atoms with Crippen LogP contribution in [0.4, 0.5) is 4.79 Å². The number of aryl methyl sites for hydroxylation is 1. The van der Waals surface area contributed by atoms with E-state index in [-0.39, 0.29) is 37.4 Å². The minimum atomic E-state index is -1.26. The standard InChI is InChI=1S/C32H52N7O10/c1-22(40)26(14-15-29(43)44)35-32(49)36-27(31(47)48)12-6-8-18-34-28(42)13-5-3-2-4-11-25(41)20-23(30(45)46)10-7-9-19-39-21-24(16-17-33)37-38-39/h17,21,23,26-27H,2-16,18-20,33H2,1H3,(H,34,42)(H,43,44)(H,45,46)(H,47,48)(H2,35,36,49). The number of rotatable bonds is 29. The summed E-state index contributed by atoms with van der Waals surface area (Å²) < 4.78 is 1.69. The Kier molecular flexibility index (Phi) is 21.5. The Hall–Kier alpha value is -4.41. The van der Waals surface area contributed by atoms with Gasteiger partial charge in [0, 0.05) is 57.9 Å². The van der Waals surface area contributed by atoms with Crippen molar-refractivity contribution in [1.29, 1.82) is 0 Å². The van der Waals surface area contributed by atoms with Gasteiger partial charge in [0.05, 0.1) is 17.7 Å². The van der Waals surface area contributed by atoms with E-state index >= 15 is 0 Å². The second-order valence-electron chi connectivity index (χ2n) is 12.1. The van der Waals surface area contributed by atoms with Gasteiger partial charge in [-0.1, -0.05) is 24.5 Å². The maximum atomic E-state index is 12.4. The van der Waals surface area contributed by atoms with Gasteiger partial charge in [0.2, 0.25) is 5.91 Å². The summed E-state index contributed by atoms with van der Waals surface area (Å²) in [6.07, 6.45) is 7.93. The van der Waals surface area contributed by atoms with E-state index < -0.39 is 47.7 Å². The molecule has 3 atom stereocenters. The first-order valence-corrected chi connectivity index (χ1v) is 16.8. The number of nitrogens with zero attached hydrogens (tertiary/aromatic N) is 3. The molecule has 49 heavy (non-hydrogen) atoms. The lowest BCUT2D eigenvalue weighted by molar-refractivity contribution is -0.144. The Labute approximate surface area is 286 Å². The van der Waals surface area contributed by atoms with E-state index in [1.54, 1.807) is 10.9 Å². The number of hydrogen-bond donors (Lipinski definition) is 7. The molecule has 17 nitrogen and oxygen atoms in total. The molecule has 0 aliphatic heterocycles. The summed E-state index contributed by atoms with van der Waals surface area (Å²) in [6.45, 7) is 3.63. The van der Waals surface area contributed by atoms with Crippen molar-refractivity contribution in [2.45, 2.75) is 128 Å². The number of amides is 3. The summed E-state index contributed by atoms with van der Waals surface area (Å²) in [5.74, 6) is -4.77. The third kappa shape index (κ3) is 20.5. The number of carbonyl (C=O) groups is 7. The van der Waals surface area contributed by atoms with E-state index in [9.17, 15) is 43.8 Å². The van der Waals surface area contributed by atoms with Crippen molar-refractivity contribution in [3.63, 3.8) is 0 Å². The number of aliphatic carboxylic acids is 3. The molecule has 0 bridgehead atoms. The number of carboxylic acid groups (broad SMARTS) is 3. The Balaban J connectivity index is 2.17. The lowest BCUT2D eigenvalue weighted by Gasteiger charge is -2.19. The van der Waals surface area contributed by atoms with Crippen molar-refractivity contribution in [2.24, 2.45) is 11.7 Å². The molecule has 1 heterocycles. The largest absolute Gasteiger partial charge is 0.481 e. The van der Waals surface area contributed by atoms with Gasteiger partial charge >= 0.3 is 23.9 Å². The molecule has 275 valence electrons. The van der Waals surface area contributed by atoms with Crippen LogP contribution < -0.4 is 21.7 Å². The number of unbranched alkanes of at least 4 members (excludes halogenated alkanes) is 5. The number of ketones is 2. The highest BCUT2D eigenvalue weighted by Crippen LogP contribution is 2.17.